The van der Waals surface area contributed by atoms with Gasteiger partial charge in [-0.3, -0.25) is 0 Å². The molecule has 2 aromatic carbocycles. The zero-order valence-corrected chi connectivity index (χ0v) is 13.6. The average molecular weight is 340 g/mol. The molecule has 2 heterocycles. The second kappa shape index (κ2) is 6.01. The molecule has 0 aliphatic heterocycles. The highest BCUT2D eigenvalue weighted by Crippen LogP contribution is 2.24. The van der Waals surface area contributed by atoms with Crippen LogP contribution < -0.4 is 4.74 Å². The van der Waals surface area contributed by atoms with Crippen LogP contribution in [0.4, 0.5) is 4.39 Å². The van der Waals surface area contributed by atoms with Crippen LogP contribution in [0.15, 0.2) is 48.5 Å². The lowest BCUT2D eigenvalue weighted by Gasteiger charge is -2.06. The van der Waals surface area contributed by atoms with Crippen molar-refractivity contribution in [2.24, 2.45) is 0 Å². The third-order valence-corrected chi connectivity index (χ3v) is 4.43. The second-order valence-corrected chi connectivity index (χ2v) is 6.32. The van der Waals surface area contributed by atoms with Crippen LogP contribution in [0.25, 0.3) is 16.3 Å². The summed E-state index contributed by atoms with van der Waals surface area (Å²) in [6.45, 7) is 2.34. The Hall–Kier alpha value is -2.80. The molecule has 0 spiro atoms. The Morgan fingerprint density at radius 2 is 2.00 bits per heavy atom. The zero-order valence-electron chi connectivity index (χ0n) is 12.8. The van der Waals surface area contributed by atoms with Gasteiger partial charge < -0.3 is 4.74 Å². The molecule has 0 N–H and O–H groups in total. The van der Waals surface area contributed by atoms with Crippen LogP contribution in [0, 0.1) is 12.7 Å². The summed E-state index contributed by atoms with van der Waals surface area (Å²) < 4.78 is 20.8. The van der Waals surface area contributed by atoms with Crippen molar-refractivity contribution in [1.29, 1.82) is 0 Å². The van der Waals surface area contributed by atoms with Gasteiger partial charge in [-0.1, -0.05) is 41.7 Å². The van der Waals surface area contributed by atoms with E-state index in [1.54, 1.807) is 16.6 Å². The number of rotatable bonds is 4. The number of aryl methyl sites for hydroxylation is 1. The number of hydrogen-bond acceptors (Lipinski definition) is 5. The Morgan fingerprint density at radius 1 is 1.12 bits per heavy atom. The molecule has 5 nitrogen and oxygen atoms in total. The first-order valence-corrected chi connectivity index (χ1v) is 8.18. The average Bonchev–Trinajstić information content (AvgIpc) is 3.14. The lowest BCUT2D eigenvalue weighted by molar-refractivity contribution is 0.302. The number of para-hydroxylation sites is 1. The summed E-state index contributed by atoms with van der Waals surface area (Å²) in [5, 5.41) is 13.5. The molecule has 0 atom stereocenters. The lowest BCUT2D eigenvalue weighted by Crippen LogP contribution is -1.98. The fourth-order valence-electron chi connectivity index (χ4n) is 2.38. The molecule has 24 heavy (non-hydrogen) atoms. The van der Waals surface area contributed by atoms with Gasteiger partial charge in [0, 0.05) is 5.56 Å². The van der Waals surface area contributed by atoms with E-state index in [1.807, 2.05) is 31.2 Å². The van der Waals surface area contributed by atoms with Crippen molar-refractivity contribution in [2.45, 2.75) is 13.5 Å². The molecule has 2 aromatic heterocycles. The molecular weight excluding hydrogens is 327 g/mol. The third kappa shape index (κ3) is 2.74. The SMILES string of the molecule is Cc1ccccc1OCc1nn2c(-c3cccc(F)c3)nnc2s1. The van der Waals surface area contributed by atoms with E-state index in [-0.39, 0.29) is 5.82 Å². The lowest BCUT2D eigenvalue weighted by atomic mass is 10.2. The summed E-state index contributed by atoms with van der Waals surface area (Å²) in [5.74, 6) is 1.03. The van der Waals surface area contributed by atoms with Crippen molar-refractivity contribution in [3.63, 3.8) is 0 Å². The molecule has 0 amide bonds. The van der Waals surface area contributed by atoms with Crippen molar-refractivity contribution in [1.82, 2.24) is 19.8 Å². The summed E-state index contributed by atoms with van der Waals surface area (Å²) in [6.07, 6.45) is 0. The Kier molecular flexibility index (Phi) is 3.70. The summed E-state index contributed by atoms with van der Waals surface area (Å²) in [5.41, 5.74) is 1.71. The van der Waals surface area contributed by atoms with Gasteiger partial charge in [-0.25, -0.2) is 4.39 Å². The summed E-state index contributed by atoms with van der Waals surface area (Å²) in [6, 6.07) is 14.1. The van der Waals surface area contributed by atoms with Gasteiger partial charge in [-0.05, 0) is 30.7 Å². The van der Waals surface area contributed by atoms with E-state index in [4.69, 9.17) is 4.74 Å². The summed E-state index contributed by atoms with van der Waals surface area (Å²) >= 11 is 1.40. The number of benzene rings is 2. The predicted octanol–water partition coefficient (Wildman–Crippen LogP) is 3.88. The van der Waals surface area contributed by atoms with Crippen LogP contribution in [0.5, 0.6) is 5.75 Å². The normalized spacial score (nSPS) is 11.1. The van der Waals surface area contributed by atoms with Gasteiger partial charge in [0.2, 0.25) is 4.96 Å². The van der Waals surface area contributed by atoms with Crippen molar-refractivity contribution < 1.29 is 9.13 Å². The fraction of sp³-hybridized carbons (Fsp3) is 0.118. The molecular formula is C17H13FN4OS. The van der Waals surface area contributed by atoms with Gasteiger partial charge in [0.25, 0.3) is 0 Å². The molecule has 0 aliphatic carbocycles. The Labute approximate surface area is 141 Å². The molecule has 4 aromatic rings. The quantitative estimate of drug-likeness (QED) is 0.566. The van der Waals surface area contributed by atoms with Crippen LogP contribution >= 0.6 is 11.3 Å². The van der Waals surface area contributed by atoms with Gasteiger partial charge in [0.1, 0.15) is 18.2 Å². The van der Waals surface area contributed by atoms with Crippen LogP contribution in [0.3, 0.4) is 0 Å². The maximum absolute atomic E-state index is 13.4. The monoisotopic (exact) mass is 340 g/mol. The topological polar surface area (TPSA) is 52.3 Å². The van der Waals surface area contributed by atoms with Gasteiger partial charge in [-0.2, -0.15) is 9.61 Å². The first kappa shape index (κ1) is 14.8. The Bertz CT molecular complexity index is 1010. The Morgan fingerprint density at radius 3 is 2.83 bits per heavy atom. The maximum atomic E-state index is 13.4. The highest BCUT2D eigenvalue weighted by Gasteiger charge is 2.14. The Balaban J connectivity index is 1.61. The molecule has 0 unspecified atom stereocenters. The molecule has 7 heteroatoms. The number of ether oxygens (including phenoxy) is 1. The van der Waals surface area contributed by atoms with E-state index in [0.717, 1.165) is 16.3 Å². The molecule has 0 saturated heterocycles. The highest BCUT2D eigenvalue weighted by atomic mass is 32.1. The van der Waals surface area contributed by atoms with Crippen molar-refractivity contribution in [3.05, 3.63) is 64.9 Å². The number of hydrogen-bond donors (Lipinski definition) is 0. The van der Waals surface area contributed by atoms with Crippen molar-refractivity contribution in [3.8, 4) is 17.1 Å². The van der Waals surface area contributed by atoms with Crippen LogP contribution in [0.2, 0.25) is 0 Å². The maximum Gasteiger partial charge on any atom is 0.235 e. The smallest absolute Gasteiger partial charge is 0.235 e. The van der Waals surface area contributed by atoms with Crippen molar-refractivity contribution >= 4 is 16.3 Å². The third-order valence-electron chi connectivity index (χ3n) is 3.56. The largest absolute Gasteiger partial charge is 0.486 e. The first-order chi connectivity index (χ1) is 11.7. The standard InChI is InChI=1S/C17H13FN4OS/c1-11-5-2-3-8-14(11)23-10-15-21-22-16(19-20-17(22)24-15)12-6-4-7-13(18)9-12/h2-9H,10H2,1H3. The minimum atomic E-state index is -0.317. The number of aromatic nitrogens is 4. The summed E-state index contributed by atoms with van der Waals surface area (Å²) in [4.78, 5) is 0.651. The zero-order chi connectivity index (χ0) is 16.5. The number of halogens is 1. The van der Waals surface area contributed by atoms with E-state index in [1.165, 1.54) is 23.5 Å². The van der Waals surface area contributed by atoms with Gasteiger partial charge >= 0.3 is 0 Å². The van der Waals surface area contributed by atoms with Gasteiger partial charge in [0.05, 0.1) is 0 Å². The molecule has 0 radical (unpaired) electrons. The van der Waals surface area contributed by atoms with E-state index >= 15 is 0 Å². The molecule has 0 bridgehead atoms. The number of fused-ring (bicyclic) bond motifs is 1. The van der Waals surface area contributed by atoms with Gasteiger partial charge in [-0.15, -0.1) is 10.2 Å². The van der Waals surface area contributed by atoms with Gasteiger partial charge in [0.15, 0.2) is 10.8 Å². The summed E-state index contributed by atoms with van der Waals surface area (Å²) in [7, 11) is 0. The van der Waals surface area contributed by atoms with Crippen LogP contribution in [-0.2, 0) is 6.61 Å². The first-order valence-electron chi connectivity index (χ1n) is 7.36. The molecule has 0 fully saturated rings. The second-order valence-electron chi connectivity index (χ2n) is 5.28. The molecule has 4 rings (SSSR count). The minimum absolute atomic E-state index is 0.317. The predicted molar refractivity (Wildman–Crippen MR) is 89.6 cm³/mol. The van der Waals surface area contributed by atoms with E-state index in [9.17, 15) is 4.39 Å². The highest BCUT2D eigenvalue weighted by molar-refractivity contribution is 7.16. The number of nitrogens with zero attached hydrogens (tertiary/aromatic N) is 4. The minimum Gasteiger partial charge on any atom is -0.486 e. The van der Waals surface area contributed by atoms with Crippen molar-refractivity contribution in [2.75, 3.05) is 0 Å². The van der Waals surface area contributed by atoms with Crippen LogP contribution in [-0.4, -0.2) is 19.8 Å². The van der Waals surface area contributed by atoms with E-state index in [2.05, 4.69) is 15.3 Å². The molecule has 0 saturated carbocycles. The fourth-order valence-corrected chi connectivity index (χ4v) is 3.13. The van der Waals surface area contributed by atoms with Crippen LogP contribution in [0.1, 0.15) is 10.6 Å². The van der Waals surface area contributed by atoms with E-state index < -0.39 is 0 Å². The van der Waals surface area contributed by atoms with E-state index in [0.29, 0.717) is 23.0 Å². The molecule has 0 aliphatic rings. The molecule has 120 valence electrons.